The van der Waals surface area contributed by atoms with E-state index < -0.39 is 5.60 Å². The summed E-state index contributed by atoms with van der Waals surface area (Å²) in [4.78, 5) is 37.7. The van der Waals surface area contributed by atoms with Crippen LogP contribution in [0, 0.1) is 20.8 Å². The lowest BCUT2D eigenvalue weighted by Gasteiger charge is -2.40. The molecule has 220 valence electrons. The zero-order chi connectivity index (χ0) is 29.7. The Kier molecular flexibility index (Phi) is 7.44. The highest BCUT2D eigenvalue weighted by atomic mass is 16.7. The number of carbonyl (C=O) groups excluding carboxylic acids is 2. The standard InChI is InChI=1S/C30H40N6O5/c1-17-24-20(15-35(7)34-24)13-22(25(17)40-16-39-8)26-31-18(2)23(19(3)32-26)27(37)33-21-9-12-36(30(14-21)10-11-30)28(38)41-29(4,5)6/h13,15,21H,9-12,14,16H2,1-8H3,(H,33,37). The van der Waals surface area contributed by atoms with Crippen molar-refractivity contribution in [2.45, 2.75) is 84.4 Å². The molecule has 1 unspecified atom stereocenters. The van der Waals surface area contributed by atoms with Crippen LogP contribution in [0.5, 0.6) is 5.75 Å². The molecule has 11 nitrogen and oxygen atoms in total. The van der Waals surface area contributed by atoms with E-state index >= 15 is 0 Å². The second kappa shape index (κ2) is 10.6. The molecule has 2 aliphatic rings. The van der Waals surface area contributed by atoms with Crippen molar-refractivity contribution >= 4 is 22.9 Å². The van der Waals surface area contributed by atoms with Gasteiger partial charge in [-0.1, -0.05) is 0 Å². The van der Waals surface area contributed by atoms with Gasteiger partial charge in [-0.25, -0.2) is 14.8 Å². The van der Waals surface area contributed by atoms with Crippen LogP contribution >= 0.6 is 0 Å². The molecule has 1 atom stereocenters. The molecule has 1 saturated carbocycles. The lowest BCUT2D eigenvalue weighted by atomic mass is 9.94. The lowest BCUT2D eigenvalue weighted by Crippen LogP contribution is -2.54. The van der Waals surface area contributed by atoms with Crippen molar-refractivity contribution in [3.05, 3.63) is 34.8 Å². The molecule has 41 heavy (non-hydrogen) atoms. The van der Waals surface area contributed by atoms with Crippen LogP contribution in [-0.4, -0.2) is 74.3 Å². The first-order valence-electron chi connectivity index (χ1n) is 14.1. The van der Waals surface area contributed by atoms with E-state index in [-0.39, 0.29) is 30.4 Å². The Balaban J connectivity index is 1.37. The Labute approximate surface area is 240 Å². The Morgan fingerprint density at radius 2 is 1.83 bits per heavy atom. The number of amides is 2. The maximum Gasteiger partial charge on any atom is 0.410 e. The number of benzene rings is 1. The zero-order valence-electron chi connectivity index (χ0n) is 25.3. The van der Waals surface area contributed by atoms with E-state index in [4.69, 9.17) is 24.2 Å². The predicted octanol–water partition coefficient (Wildman–Crippen LogP) is 4.60. The first kappa shape index (κ1) is 28.8. The minimum absolute atomic E-state index is 0.0492. The van der Waals surface area contributed by atoms with Gasteiger partial charge >= 0.3 is 6.09 Å². The Morgan fingerprint density at radius 3 is 2.44 bits per heavy atom. The third-order valence-electron chi connectivity index (χ3n) is 7.83. The van der Waals surface area contributed by atoms with Gasteiger partial charge in [0.25, 0.3) is 5.91 Å². The van der Waals surface area contributed by atoms with Crippen LogP contribution in [0.4, 0.5) is 4.79 Å². The van der Waals surface area contributed by atoms with Gasteiger partial charge < -0.3 is 24.4 Å². The monoisotopic (exact) mass is 564 g/mol. The number of fused-ring (bicyclic) bond motifs is 1. The molecular formula is C30H40N6O5. The fourth-order valence-electron chi connectivity index (χ4n) is 5.86. The highest BCUT2D eigenvalue weighted by Crippen LogP contribution is 2.49. The van der Waals surface area contributed by atoms with Gasteiger partial charge in [-0.2, -0.15) is 5.10 Å². The average molecular weight is 565 g/mol. The van der Waals surface area contributed by atoms with Crippen molar-refractivity contribution in [3.8, 4) is 17.1 Å². The molecule has 3 aromatic rings. The maximum atomic E-state index is 13.5. The van der Waals surface area contributed by atoms with Crippen molar-refractivity contribution < 1.29 is 23.8 Å². The van der Waals surface area contributed by atoms with Gasteiger partial charge in [0.2, 0.25) is 0 Å². The Hall–Kier alpha value is -3.73. The molecule has 1 aliphatic heterocycles. The van der Waals surface area contributed by atoms with Crippen molar-refractivity contribution in [2.24, 2.45) is 7.05 Å². The van der Waals surface area contributed by atoms with E-state index in [0.29, 0.717) is 53.5 Å². The summed E-state index contributed by atoms with van der Waals surface area (Å²) < 4.78 is 18.5. The van der Waals surface area contributed by atoms with E-state index in [2.05, 4.69) is 10.4 Å². The van der Waals surface area contributed by atoms with Crippen LogP contribution in [-0.2, 0) is 16.5 Å². The summed E-state index contributed by atoms with van der Waals surface area (Å²) in [5, 5.41) is 8.71. The number of hydrogen-bond acceptors (Lipinski definition) is 8. The van der Waals surface area contributed by atoms with Crippen molar-refractivity contribution in [1.29, 1.82) is 0 Å². The number of piperidine rings is 1. The number of nitrogens with one attached hydrogen (secondary N) is 1. The molecule has 3 heterocycles. The molecule has 2 fully saturated rings. The second-order valence-electron chi connectivity index (χ2n) is 12.3. The molecule has 1 saturated heterocycles. The van der Waals surface area contributed by atoms with Crippen molar-refractivity contribution in [3.63, 3.8) is 0 Å². The van der Waals surface area contributed by atoms with Gasteiger partial charge in [-0.15, -0.1) is 0 Å². The Bertz CT molecular complexity index is 1480. The van der Waals surface area contributed by atoms with Crippen LogP contribution in [0.2, 0.25) is 0 Å². The van der Waals surface area contributed by atoms with Crippen LogP contribution in [0.15, 0.2) is 12.3 Å². The van der Waals surface area contributed by atoms with Gasteiger partial charge in [0, 0.05) is 49.4 Å². The number of methoxy groups -OCH3 is 1. The smallest absolute Gasteiger partial charge is 0.410 e. The minimum atomic E-state index is -0.543. The predicted molar refractivity (Wildman–Crippen MR) is 154 cm³/mol. The largest absolute Gasteiger partial charge is 0.466 e. The minimum Gasteiger partial charge on any atom is -0.466 e. The van der Waals surface area contributed by atoms with Crippen LogP contribution in [0.3, 0.4) is 0 Å². The number of carbonyl (C=O) groups is 2. The Morgan fingerprint density at radius 1 is 1.15 bits per heavy atom. The van der Waals surface area contributed by atoms with Crippen LogP contribution in [0.1, 0.15) is 73.8 Å². The number of aryl methyl sites for hydroxylation is 4. The van der Waals surface area contributed by atoms with E-state index in [9.17, 15) is 9.59 Å². The highest BCUT2D eigenvalue weighted by molar-refractivity contribution is 5.97. The summed E-state index contributed by atoms with van der Waals surface area (Å²) in [6, 6.07) is 1.91. The molecule has 0 radical (unpaired) electrons. The number of hydrogen-bond donors (Lipinski definition) is 1. The first-order valence-corrected chi connectivity index (χ1v) is 14.1. The first-order chi connectivity index (χ1) is 19.3. The molecule has 1 N–H and O–H groups in total. The summed E-state index contributed by atoms with van der Waals surface area (Å²) in [6.07, 6.45) is 4.87. The van der Waals surface area contributed by atoms with Crippen LogP contribution in [0.25, 0.3) is 22.3 Å². The van der Waals surface area contributed by atoms with Gasteiger partial charge in [-0.3, -0.25) is 9.48 Å². The number of nitrogens with zero attached hydrogens (tertiary/aromatic N) is 5. The summed E-state index contributed by atoms with van der Waals surface area (Å²) in [7, 11) is 3.44. The summed E-state index contributed by atoms with van der Waals surface area (Å²) in [6.45, 7) is 11.8. The fraction of sp³-hybridized carbons (Fsp3) is 0.567. The lowest BCUT2D eigenvalue weighted by molar-refractivity contribution is 0.00283. The van der Waals surface area contributed by atoms with E-state index in [0.717, 1.165) is 29.3 Å². The molecule has 1 aromatic carbocycles. The normalized spacial score (nSPS) is 18.0. The van der Waals surface area contributed by atoms with E-state index in [1.807, 2.05) is 65.8 Å². The van der Waals surface area contributed by atoms with Gasteiger partial charge in [0.1, 0.15) is 11.4 Å². The van der Waals surface area contributed by atoms with Gasteiger partial charge in [0.05, 0.1) is 28.0 Å². The molecule has 2 aromatic heterocycles. The molecule has 11 heteroatoms. The van der Waals surface area contributed by atoms with Crippen molar-refractivity contribution in [1.82, 2.24) is 30.0 Å². The number of rotatable bonds is 6. The zero-order valence-corrected chi connectivity index (χ0v) is 25.3. The van der Waals surface area contributed by atoms with Gasteiger partial charge in [-0.05, 0) is 73.3 Å². The van der Waals surface area contributed by atoms with Gasteiger partial charge in [0.15, 0.2) is 12.6 Å². The SMILES string of the molecule is COCOc1c(-c2nc(C)c(C(=O)NC3CCN(C(=O)OC(C)(C)C)C4(CC4)C3)c(C)n2)cc2cn(C)nc2c1C. The fourth-order valence-corrected chi connectivity index (χ4v) is 5.86. The number of aromatic nitrogens is 4. The van der Waals surface area contributed by atoms with Crippen molar-refractivity contribution in [2.75, 3.05) is 20.4 Å². The third kappa shape index (κ3) is 5.72. The summed E-state index contributed by atoms with van der Waals surface area (Å²) >= 11 is 0. The maximum absolute atomic E-state index is 13.5. The van der Waals surface area contributed by atoms with E-state index in [1.165, 1.54) is 0 Å². The average Bonchev–Trinajstić information content (AvgIpc) is 3.51. The molecular weight excluding hydrogens is 524 g/mol. The van der Waals surface area contributed by atoms with E-state index in [1.54, 1.807) is 11.8 Å². The summed E-state index contributed by atoms with van der Waals surface area (Å²) in [5.74, 6) is 0.868. The number of ether oxygens (including phenoxy) is 3. The number of likely N-dealkylation sites (tertiary alicyclic amines) is 1. The summed E-state index contributed by atoms with van der Waals surface area (Å²) in [5.41, 5.74) is 3.26. The third-order valence-corrected chi connectivity index (χ3v) is 7.83. The molecule has 0 bridgehead atoms. The quantitative estimate of drug-likeness (QED) is 0.431. The molecule has 1 aliphatic carbocycles. The highest BCUT2D eigenvalue weighted by Gasteiger charge is 2.54. The second-order valence-corrected chi connectivity index (χ2v) is 12.3. The molecule has 2 amide bonds. The van der Waals surface area contributed by atoms with Crippen LogP contribution < -0.4 is 10.1 Å². The molecule has 1 spiro atoms. The topological polar surface area (TPSA) is 121 Å². The molecule has 5 rings (SSSR count).